The van der Waals surface area contributed by atoms with E-state index < -0.39 is 0 Å². The molecule has 0 unspecified atom stereocenters. The van der Waals surface area contributed by atoms with E-state index in [1.807, 2.05) is 0 Å². The Balaban J connectivity index is 1.97. The lowest BCUT2D eigenvalue weighted by molar-refractivity contribution is -0.127. The van der Waals surface area contributed by atoms with E-state index in [1.54, 1.807) is 0 Å². The van der Waals surface area contributed by atoms with Crippen molar-refractivity contribution in [3.8, 4) is 0 Å². The summed E-state index contributed by atoms with van der Waals surface area (Å²) in [6.45, 7) is 3.75. The lowest BCUT2D eigenvalue weighted by atomic mass is 9.81. The molecule has 1 heteroatoms. The summed E-state index contributed by atoms with van der Waals surface area (Å²) < 4.78 is 0. The van der Waals surface area contributed by atoms with Gasteiger partial charge in [0.2, 0.25) is 0 Å². The summed E-state index contributed by atoms with van der Waals surface area (Å²) in [5, 5.41) is 0. The molecule has 1 aliphatic rings. The average Bonchev–Trinajstić information content (AvgIpc) is 1.78. The molecule has 0 N–H and O–H groups in total. The Morgan fingerprint density at radius 3 is 2.67 bits per heavy atom. The molecule has 0 aromatic heterocycles. The van der Waals surface area contributed by atoms with Gasteiger partial charge >= 0.3 is 0 Å². The van der Waals surface area contributed by atoms with Gasteiger partial charge < -0.3 is 0 Å². The van der Waals surface area contributed by atoms with E-state index in [0.717, 1.165) is 25.2 Å². The average molecular weight is 125 g/mol. The molecule has 0 amide bonds. The molecule has 0 heterocycles. The molecular weight excluding hydrogens is 112 g/mol. The molecule has 1 rings (SSSR count). The number of hydrogen-bond donors (Lipinski definition) is 0. The summed E-state index contributed by atoms with van der Waals surface area (Å²) in [5.74, 6) is 1.17. The summed E-state index contributed by atoms with van der Waals surface area (Å²) in [7, 11) is 0. The Morgan fingerprint density at radius 2 is 2.22 bits per heavy atom. The summed E-state index contributed by atoms with van der Waals surface area (Å²) >= 11 is 0. The molecule has 0 spiro atoms. The Hall–Kier alpha value is -0.330. The Kier molecular flexibility index (Phi) is 2.26. The van der Waals surface area contributed by atoms with Crippen LogP contribution in [0.5, 0.6) is 0 Å². The highest BCUT2D eigenvalue weighted by Crippen LogP contribution is 2.27. The van der Waals surface area contributed by atoms with E-state index in [4.69, 9.17) is 0 Å². The summed E-state index contributed by atoms with van der Waals surface area (Å²) in [6, 6.07) is 0. The molecule has 0 saturated heterocycles. The quantitative estimate of drug-likeness (QED) is 0.563. The van der Waals surface area contributed by atoms with Gasteiger partial charge in [0.25, 0.3) is 0 Å². The number of carbonyl (C=O) groups is 1. The smallest absolute Gasteiger partial charge is 0.133 e. The van der Waals surface area contributed by atoms with Crippen molar-refractivity contribution in [1.82, 2.24) is 0 Å². The van der Waals surface area contributed by atoms with Crippen molar-refractivity contribution in [3.63, 3.8) is 0 Å². The van der Waals surface area contributed by atoms with E-state index in [9.17, 15) is 4.79 Å². The maximum Gasteiger partial charge on any atom is 0.133 e. The van der Waals surface area contributed by atoms with Gasteiger partial charge in [-0.2, -0.15) is 0 Å². The second-order valence-electron chi connectivity index (χ2n) is 2.81. The molecule has 0 bridgehead atoms. The fourth-order valence-corrected chi connectivity index (χ4v) is 1.22. The van der Waals surface area contributed by atoms with Gasteiger partial charge in [0.1, 0.15) is 5.78 Å². The Morgan fingerprint density at radius 1 is 1.56 bits per heavy atom. The van der Waals surface area contributed by atoms with Gasteiger partial charge in [-0.1, -0.05) is 19.8 Å². The molecular formula is C8H13O. The van der Waals surface area contributed by atoms with Crippen molar-refractivity contribution in [2.24, 2.45) is 5.92 Å². The van der Waals surface area contributed by atoms with Crippen LogP contribution in [0.1, 0.15) is 32.1 Å². The zero-order valence-corrected chi connectivity index (χ0v) is 5.73. The first-order valence-electron chi connectivity index (χ1n) is 3.64. The molecule has 51 valence electrons. The molecule has 1 saturated carbocycles. The first kappa shape index (κ1) is 6.79. The number of hydrogen-bond acceptors (Lipinski definition) is 1. The predicted molar refractivity (Wildman–Crippen MR) is 36.9 cm³/mol. The van der Waals surface area contributed by atoms with E-state index in [1.165, 1.54) is 12.8 Å². The molecule has 1 fully saturated rings. The van der Waals surface area contributed by atoms with Crippen LogP contribution in [0.25, 0.3) is 0 Å². The minimum absolute atomic E-state index is 0.448. The Labute approximate surface area is 56.4 Å². The first-order valence-corrected chi connectivity index (χ1v) is 3.64. The lowest BCUT2D eigenvalue weighted by Crippen LogP contribution is -2.22. The van der Waals surface area contributed by atoms with E-state index in [0.29, 0.717) is 5.78 Å². The van der Waals surface area contributed by atoms with Gasteiger partial charge in [0.05, 0.1) is 0 Å². The minimum Gasteiger partial charge on any atom is -0.300 e. The maximum absolute atomic E-state index is 10.5. The summed E-state index contributed by atoms with van der Waals surface area (Å²) in [5.41, 5.74) is 0. The maximum atomic E-state index is 10.5. The number of rotatable bonds is 3. The van der Waals surface area contributed by atoms with Gasteiger partial charge in [-0.25, -0.2) is 0 Å². The normalized spacial score (nSPS) is 19.9. The van der Waals surface area contributed by atoms with Crippen LogP contribution in [0.15, 0.2) is 0 Å². The van der Waals surface area contributed by atoms with Crippen LogP contribution in [0, 0.1) is 12.8 Å². The highest BCUT2D eigenvalue weighted by Gasteiger charge is 2.24. The zero-order valence-electron chi connectivity index (χ0n) is 5.73. The monoisotopic (exact) mass is 125 g/mol. The van der Waals surface area contributed by atoms with Crippen molar-refractivity contribution >= 4 is 5.78 Å². The van der Waals surface area contributed by atoms with Gasteiger partial charge in [-0.15, -0.1) is 0 Å². The second-order valence-corrected chi connectivity index (χ2v) is 2.81. The van der Waals surface area contributed by atoms with Crippen molar-refractivity contribution in [2.45, 2.75) is 32.1 Å². The number of Topliss-reactive ketones (excluding diaryl/α,β-unsaturated/α-hetero) is 1. The molecule has 1 aliphatic carbocycles. The van der Waals surface area contributed by atoms with Crippen molar-refractivity contribution < 1.29 is 4.79 Å². The van der Waals surface area contributed by atoms with Crippen LogP contribution in [0.4, 0.5) is 0 Å². The van der Waals surface area contributed by atoms with Crippen LogP contribution in [-0.4, -0.2) is 5.78 Å². The minimum atomic E-state index is 0.448. The zero-order chi connectivity index (χ0) is 6.69. The fourth-order valence-electron chi connectivity index (χ4n) is 1.22. The van der Waals surface area contributed by atoms with Crippen molar-refractivity contribution in [3.05, 3.63) is 6.92 Å². The van der Waals surface area contributed by atoms with Crippen LogP contribution >= 0.6 is 0 Å². The SMILES string of the molecule is [CH2]CCCC1CC(=O)C1. The number of carbonyl (C=O) groups excluding carboxylic acids is 1. The van der Waals surface area contributed by atoms with Crippen LogP contribution in [0.3, 0.4) is 0 Å². The molecule has 0 aromatic rings. The lowest BCUT2D eigenvalue weighted by Gasteiger charge is -2.23. The largest absolute Gasteiger partial charge is 0.300 e. The molecule has 0 aliphatic heterocycles. The molecule has 0 aromatic carbocycles. The van der Waals surface area contributed by atoms with Gasteiger partial charge in [0, 0.05) is 12.8 Å². The number of unbranched alkanes of at least 4 members (excludes halogenated alkanes) is 1. The van der Waals surface area contributed by atoms with Crippen molar-refractivity contribution in [2.75, 3.05) is 0 Å². The number of ketones is 1. The molecule has 1 nitrogen and oxygen atoms in total. The molecule has 1 radical (unpaired) electrons. The van der Waals surface area contributed by atoms with E-state index >= 15 is 0 Å². The third kappa shape index (κ3) is 1.81. The van der Waals surface area contributed by atoms with Crippen LogP contribution < -0.4 is 0 Å². The molecule has 0 atom stereocenters. The highest BCUT2D eigenvalue weighted by atomic mass is 16.1. The first-order chi connectivity index (χ1) is 4.33. The second kappa shape index (κ2) is 3.00. The summed E-state index contributed by atoms with van der Waals surface area (Å²) in [6.07, 6.45) is 5.12. The predicted octanol–water partition coefficient (Wildman–Crippen LogP) is 1.97. The van der Waals surface area contributed by atoms with Crippen LogP contribution in [0.2, 0.25) is 0 Å². The molecule has 9 heavy (non-hydrogen) atoms. The van der Waals surface area contributed by atoms with E-state index in [-0.39, 0.29) is 0 Å². The third-order valence-electron chi connectivity index (χ3n) is 1.90. The topological polar surface area (TPSA) is 17.1 Å². The van der Waals surface area contributed by atoms with Gasteiger partial charge in [-0.05, 0) is 12.3 Å². The fraction of sp³-hybridized carbons (Fsp3) is 0.750. The van der Waals surface area contributed by atoms with Gasteiger partial charge in [-0.3, -0.25) is 4.79 Å². The van der Waals surface area contributed by atoms with Crippen LogP contribution in [-0.2, 0) is 4.79 Å². The van der Waals surface area contributed by atoms with Gasteiger partial charge in [0.15, 0.2) is 0 Å². The highest BCUT2D eigenvalue weighted by molar-refractivity contribution is 5.84. The Bertz CT molecular complexity index is 99.1. The van der Waals surface area contributed by atoms with E-state index in [2.05, 4.69) is 6.92 Å². The third-order valence-corrected chi connectivity index (χ3v) is 1.90. The standard InChI is InChI=1S/C8H13O/c1-2-3-4-7-5-8(9)6-7/h7H,1-6H2. The van der Waals surface area contributed by atoms with Crippen molar-refractivity contribution in [1.29, 1.82) is 0 Å². The summed E-state index contributed by atoms with van der Waals surface area (Å²) in [4.78, 5) is 10.5.